The summed E-state index contributed by atoms with van der Waals surface area (Å²) in [5, 5.41) is 11.5. The molecule has 2 aromatic rings. The molecule has 23 heavy (non-hydrogen) atoms. The lowest BCUT2D eigenvalue weighted by molar-refractivity contribution is -0.384. The van der Waals surface area contributed by atoms with Crippen LogP contribution in [0.1, 0.15) is 5.56 Å². The highest BCUT2D eigenvalue weighted by Gasteiger charge is 2.13. The normalized spacial score (nSPS) is 14.7. The van der Waals surface area contributed by atoms with Crippen LogP contribution in [0.2, 0.25) is 0 Å². The summed E-state index contributed by atoms with van der Waals surface area (Å²) in [6.45, 7) is 3.11. The Morgan fingerprint density at radius 1 is 1.22 bits per heavy atom. The van der Waals surface area contributed by atoms with Crippen molar-refractivity contribution in [3.63, 3.8) is 0 Å². The quantitative estimate of drug-likeness (QED) is 0.360. The van der Waals surface area contributed by atoms with Crippen LogP contribution in [-0.2, 0) is 10.5 Å². The third-order valence-corrected chi connectivity index (χ3v) is 4.49. The van der Waals surface area contributed by atoms with E-state index in [1.54, 1.807) is 30.2 Å². The van der Waals surface area contributed by atoms with Crippen LogP contribution in [-0.4, -0.2) is 41.2 Å². The number of hydrogen-bond donors (Lipinski definition) is 0. The van der Waals surface area contributed by atoms with Crippen molar-refractivity contribution in [1.29, 1.82) is 0 Å². The van der Waals surface area contributed by atoms with Crippen LogP contribution >= 0.6 is 11.8 Å². The van der Waals surface area contributed by atoms with Crippen molar-refractivity contribution < 1.29 is 9.66 Å². The van der Waals surface area contributed by atoms with Crippen LogP contribution in [0.3, 0.4) is 0 Å². The van der Waals surface area contributed by atoms with E-state index in [0.717, 1.165) is 42.7 Å². The first-order chi connectivity index (χ1) is 11.2. The number of anilines is 1. The molecule has 1 aromatic carbocycles. The Bertz CT molecular complexity index is 675. The first-order valence-electron chi connectivity index (χ1n) is 7.23. The molecule has 0 aliphatic carbocycles. The van der Waals surface area contributed by atoms with Crippen LogP contribution in [0, 0.1) is 10.1 Å². The molecular formula is C15H16N4O3S. The number of nitrogens with zero attached hydrogens (tertiary/aromatic N) is 4. The average molecular weight is 332 g/mol. The standard InChI is InChI=1S/C15H16N4O3S/c20-19(21)13-3-1-12(2-4-13)10-23-15-9-14(16-11-17-15)18-5-7-22-8-6-18/h1-4,9,11H,5-8,10H2. The Morgan fingerprint density at radius 3 is 2.65 bits per heavy atom. The van der Waals surface area contributed by atoms with Gasteiger partial charge in [0.05, 0.1) is 18.1 Å². The van der Waals surface area contributed by atoms with Crippen LogP contribution in [0.25, 0.3) is 0 Å². The molecule has 1 fully saturated rings. The number of nitro benzene ring substituents is 1. The van der Waals surface area contributed by atoms with Gasteiger partial charge in [-0.2, -0.15) is 0 Å². The van der Waals surface area contributed by atoms with Gasteiger partial charge in [-0.3, -0.25) is 10.1 Å². The van der Waals surface area contributed by atoms with Gasteiger partial charge in [-0.25, -0.2) is 9.97 Å². The first kappa shape index (κ1) is 15.7. The largest absolute Gasteiger partial charge is 0.378 e. The first-order valence-corrected chi connectivity index (χ1v) is 8.22. The lowest BCUT2D eigenvalue weighted by Crippen LogP contribution is -2.36. The Hall–Kier alpha value is -2.19. The molecule has 120 valence electrons. The number of morpholine rings is 1. The van der Waals surface area contributed by atoms with E-state index in [9.17, 15) is 10.1 Å². The number of thioether (sulfide) groups is 1. The highest BCUT2D eigenvalue weighted by molar-refractivity contribution is 7.98. The molecule has 7 nitrogen and oxygen atoms in total. The molecule has 0 radical (unpaired) electrons. The molecule has 2 heterocycles. The molecule has 1 aliphatic heterocycles. The highest BCUT2D eigenvalue weighted by Crippen LogP contribution is 2.24. The van der Waals surface area contributed by atoms with Gasteiger partial charge < -0.3 is 9.64 Å². The second-order valence-corrected chi connectivity index (χ2v) is 6.02. The highest BCUT2D eigenvalue weighted by atomic mass is 32.2. The molecule has 0 atom stereocenters. The van der Waals surface area contributed by atoms with Gasteiger partial charge >= 0.3 is 0 Å². The molecule has 1 saturated heterocycles. The minimum Gasteiger partial charge on any atom is -0.378 e. The summed E-state index contributed by atoms with van der Waals surface area (Å²) in [5.41, 5.74) is 1.13. The zero-order valence-corrected chi connectivity index (χ0v) is 13.2. The van der Waals surface area contributed by atoms with Gasteiger partial charge in [0.15, 0.2) is 0 Å². The SMILES string of the molecule is O=[N+]([O-])c1ccc(CSc2cc(N3CCOCC3)ncn2)cc1. The van der Waals surface area contributed by atoms with Crippen LogP contribution in [0.15, 0.2) is 41.7 Å². The van der Waals surface area contributed by atoms with Gasteiger partial charge in [0, 0.05) is 37.0 Å². The van der Waals surface area contributed by atoms with Crippen molar-refractivity contribution >= 4 is 23.3 Å². The van der Waals surface area contributed by atoms with E-state index in [0.29, 0.717) is 5.75 Å². The molecule has 1 aromatic heterocycles. The lowest BCUT2D eigenvalue weighted by atomic mass is 10.2. The Kier molecular flexibility index (Phi) is 5.04. The molecule has 3 rings (SSSR count). The summed E-state index contributed by atoms with van der Waals surface area (Å²) >= 11 is 1.59. The summed E-state index contributed by atoms with van der Waals surface area (Å²) in [6.07, 6.45) is 1.57. The van der Waals surface area contributed by atoms with Crippen LogP contribution in [0.5, 0.6) is 0 Å². The van der Waals surface area contributed by atoms with E-state index >= 15 is 0 Å². The third-order valence-electron chi connectivity index (χ3n) is 3.50. The smallest absolute Gasteiger partial charge is 0.269 e. The van der Waals surface area contributed by atoms with Crippen molar-refractivity contribution in [3.05, 3.63) is 52.3 Å². The maximum atomic E-state index is 10.6. The predicted octanol–water partition coefficient (Wildman–Crippen LogP) is 2.51. The molecule has 0 unspecified atom stereocenters. The molecule has 0 amide bonds. The topological polar surface area (TPSA) is 81.4 Å². The molecule has 0 spiro atoms. The maximum Gasteiger partial charge on any atom is 0.269 e. The predicted molar refractivity (Wildman–Crippen MR) is 87.7 cm³/mol. The van der Waals surface area contributed by atoms with E-state index in [2.05, 4.69) is 14.9 Å². The molecule has 0 saturated carbocycles. The number of ether oxygens (including phenoxy) is 1. The zero-order chi connectivity index (χ0) is 16.1. The number of rotatable bonds is 5. The van der Waals surface area contributed by atoms with Crippen molar-refractivity contribution in [2.75, 3.05) is 31.2 Å². The Labute approximate surface area is 137 Å². The van der Waals surface area contributed by atoms with Gasteiger partial charge in [0.1, 0.15) is 17.2 Å². The van der Waals surface area contributed by atoms with Crippen molar-refractivity contribution in [2.24, 2.45) is 0 Å². The van der Waals surface area contributed by atoms with Crippen molar-refractivity contribution in [2.45, 2.75) is 10.8 Å². The Balaban J connectivity index is 1.62. The Morgan fingerprint density at radius 2 is 1.96 bits per heavy atom. The summed E-state index contributed by atoms with van der Waals surface area (Å²) in [6, 6.07) is 8.57. The van der Waals surface area contributed by atoms with E-state index in [-0.39, 0.29) is 5.69 Å². The summed E-state index contributed by atoms with van der Waals surface area (Å²) < 4.78 is 5.35. The van der Waals surface area contributed by atoms with E-state index in [4.69, 9.17) is 4.74 Å². The monoisotopic (exact) mass is 332 g/mol. The summed E-state index contributed by atoms with van der Waals surface area (Å²) in [4.78, 5) is 21.0. The maximum absolute atomic E-state index is 10.6. The van der Waals surface area contributed by atoms with E-state index in [1.807, 2.05) is 6.07 Å². The fraction of sp³-hybridized carbons (Fsp3) is 0.333. The number of aromatic nitrogens is 2. The number of hydrogen-bond acceptors (Lipinski definition) is 7. The lowest BCUT2D eigenvalue weighted by Gasteiger charge is -2.27. The molecule has 0 N–H and O–H groups in total. The van der Waals surface area contributed by atoms with Gasteiger partial charge in [-0.05, 0) is 5.56 Å². The van der Waals surface area contributed by atoms with Crippen molar-refractivity contribution in [3.8, 4) is 0 Å². The summed E-state index contributed by atoms with van der Waals surface area (Å²) in [7, 11) is 0. The average Bonchev–Trinajstić information content (AvgIpc) is 2.61. The minimum atomic E-state index is -0.393. The van der Waals surface area contributed by atoms with Crippen LogP contribution < -0.4 is 4.90 Å². The second-order valence-electron chi connectivity index (χ2n) is 5.03. The van der Waals surface area contributed by atoms with E-state index in [1.165, 1.54) is 12.1 Å². The fourth-order valence-electron chi connectivity index (χ4n) is 2.25. The number of benzene rings is 1. The van der Waals surface area contributed by atoms with Gasteiger partial charge in [0.25, 0.3) is 5.69 Å². The van der Waals surface area contributed by atoms with Gasteiger partial charge in [0.2, 0.25) is 0 Å². The summed E-state index contributed by atoms with van der Waals surface area (Å²) in [5.74, 6) is 1.62. The van der Waals surface area contributed by atoms with Gasteiger partial charge in [-0.1, -0.05) is 12.1 Å². The zero-order valence-electron chi connectivity index (χ0n) is 12.4. The molecule has 8 heteroatoms. The fourth-order valence-corrected chi connectivity index (χ4v) is 3.06. The molecule has 1 aliphatic rings. The van der Waals surface area contributed by atoms with Crippen LogP contribution in [0.4, 0.5) is 11.5 Å². The third kappa shape index (κ3) is 4.17. The molecule has 0 bridgehead atoms. The second kappa shape index (κ2) is 7.38. The minimum absolute atomic E-state index is 0.107. The van der Waals surface area contributed by atoms with Crippen molar-refractivity contribution in [1.82, 2.24) is 9.97 Å². The van der Waals surface area contributed by atoms with Gasteiger partial charge in [-0.15, -0.1) is 11.8 Å². The number of nitro groups is 1. The van der Waals surface area contributed by atoms with E-state index < -0.39 is 4.92 Å². The molecular weight excluding hydrogens is 316 g/mol. The number of non-ortho nitro benzene ring substituents is 1.